The minimum Gasteiger partial charge on any atom is -0.462 e. The van der Waals surface area contributed by atoms with Crippen LogP contribution in [0.4, 0.5) is 10.7 Å². The van der Waals surface area contributed by atoms with Crippen LogP contribution in [0.1, 0.15) is 40.6 Å². The highest BCUT2D eigenvalue weighted by atomic mass is 32.2. The first-order chi connectivity index (χ1) is 18.3. The van der Waals surface area contributed by atoms with Gasteiger partial charge in [0, 0.05) is 17.0 Å². The van der Waals surface area contributed by atoms with Crippen LogP contribution in [0.5, 0.6) is 0 Å². The minimum atomic E-state index is -0.491. The highest BCUT2D eigenvalue weighted by molar-refractivity contribution is 8.00. The standard InChI is InChI=1S/C25H24N4O6S3/c1-3-11-28-17-10-9-15(29(33)34)12-19(17)38-25(28)27-21(31)14-36-13-20(30)26-23-22(24(32)35-4-2)16-7-5-6-8-18(16)37-23/h1,9-10,12H,4-8,11,13-14H2,2H3,(H,26,30). The summed E-state index contributed by atoms with van der Waals surface area (Å²) in [6, 6.07) is 4.37. The highest BCUT2D eigenvalue weighted by Crippen LogP contribution is 2.38. The number of aromatic nitrogens is 1. The zero-order chi connectivity index (χ0) is 27.2. The number of anilines is 1. The van der Waals surface area contributed by atoms with Crippen LogP contribution in [0.2, 0.25) is 0 Å². The lowest BCUT2D eigenvalue weighted by Gasteiger charge is -2.12. The molecule has 0 saturated heterocycles. The van der Waals surface area contributed by atoms with Gasteiger partial charge < -0.3 is 14.6 Å². The van der Waals surface area contributed by atoms with Gasteiger partial charge in [-0.05, 0) is 44.2 Å². The molecule has 0 radical (unpaired) electrons. The first-order valence-electron chi connectivity index (χ1n) is 11.8. The number of ether oxygens (including phenoxy) is 1. The van der Waals surface area contributed by atoms with Crippen LogP contribution in [0, 0.1) is 22.5 Å². The Kier molecular flexibility index (Phi) is 8.98. The van der Waals surface area contributed by atoms with Crippen molar-refractivity contribution >= 4 is 73.1 Å². The van der Waals surface area contributed by atoms with E-state index >= 15 is 0 Å². The number of non-ortho nitro benzene ring substituents is 1. The Labute approximate surface area is 230 Å². The van der Waals surface area contributed by atoms with Crippen LogP contribution in [-0.4, -0.2) is 45.4 Å². The monoisotopic (exact) mass is 572 g/mol. The zero-order valence-corrected chi connectivity index (χ0v) is 22.9. The lowest BCUT2D eigenvalue weighted by Crippen LogP contribution is -2.19. The molecule has 0 atom stereocenters. The van der Waals surface area contributed by atoms with Gasteiger partial charge in [0.15, 0.2) is 4.80 Å². The average Bonchev–Trinajstić information content (AvgIpc) is 3.41. The van der Waals surface area contributed by atoms with Gasteiger partial charge in [0.2, 0.25) is 5.91 Å². The number of esters is 1. The number of carbonyl (C=O) groups is 3. The lowest BCUT2D eigenvalue weighted by molar-refractivity contribution is -0.384. The van der Waals surface area contributed by atoms with Gasteiger partial charge in [-0.15, -0.1) is 29.5 Å². The summed E-state index contributed by atoms with van der Waals surface area (Å²) in [5.74, 6) is 1.22. The molecule has 2 amide bonds. The number of terminal acetylenes is 1. The molecule has 0 bridgehead atoms. The predicted octanol–water partition coefficient (Wildman–Crippen LogP) is 4.16. The fourth-order valence-electron chi connectivity index (χ4n) is 4.11. The number of thiophene rings is 1. The number of rotatable bonds is 9. The van der Waals surface area contributed by atoms with E-state index in [4.69, 9.17) is 11.2 Å². The number of amides is 2. The molecule has 13 heteroatoms. The van der Waals surface area contributed by atoms with Crippen molar-refractivity contribution in [3.8, 4) is 12.3 Å². The molecule has 1 aliphatic rings. The smallest absolute Gasteiger partial charge is 0.341 e. The number of thioether (sulfide) groups is 1. The molecule has 1 N–H and O–H groups in total. The third-order valence-corrected chi connectivity index (χ3v) is 8.88. The number of hydrogen-bond donors (Lipinski definition) is 1. The molecule has 2 heterocycles. The van der Waals surface area contributed by atoms with Gasteiger partial charge >= 0.3 is 5.97 Å². The SMILES string of the molecule is C#CCn1c(=NC(=O)CSCC(=O)Nc2sc3c(c2C(=O)OCC)CCCC3)sc2cc([N+](=O)[O-])ccc21. The molecule has 0 aliphatic heterocycles. The number of nitro groups is 1. The van der Waals surface area contributed by atoms with Crippen molar-refractivity contribution in [2.75, 3.05) is 23.4 Å². The lowest BCUT2D eigenvalue weighted by atomic mass is 9.95. The van der Waals surface area contributed by atoms with E-state index in [0.717, 1.165) is 59.2 Å². The second-order valence-corrected chi connectivity index (χ2v) is 11.4. The molecule has 3 aromatic rings. The van der Waals surface area contributed by atoms with E-state index in [1.165, 1.54) is 23.5 Å². The van der Waals surface area contributed by atoms with Crippen LogP contribution in [0.25, 0.3) is 10.2 Å². The number of fused-ring (bicyclic) bond motifs is 2. The molecule has 0 fully saturated rings. The topological polar surface area (TPSA) is 133 Å². The molecule has 0 saturated carbocycles. The quantitative estimate of drug-likeness (QED) is 0.176. The molecule has 10 nitrogen and oxygen atoms in total. The Morgan fingerprint density at radius 3 is 2.79 bits per heavy atom. The van der Waals surface area contributed by atoms with Gasteiger partial charge in [0.1, 0.15) is 5.00 Å². The fraction of sp³-hybridized carbons (Fsp3) is 0.360. The summed E-state index contributed by atoms with van der Waals surface area (Å²) in [6.07, 6.45) is 9.16. The molecule has 0 unspecified atom stereocenters. The number of nitrogens with zero attached hydrogens (tertiary/aromatic N) is 3. The van der Waals surface area contributed by atoms with Crippen molar-refractivity contribution < 1.29 is 24.0 Å². The normalized spacial score (nSPS) is 13.1. The third kappa shape index (κ3) is 6.15. The summed E-state index contributed by atoms with van der Waals surface area (Å²) in [5.41, 5.74) is 1.99. The molecule has 1 aromatic carbocycles. The summed E-state index contributed by atoms with van der Waals surface area (Å²) in [7, 11) is 0. The highest BCUT2D eigenvalue weighted by Gasteiger charge is 2.27. The van der Waals surface area contributed by atoms with E-state index in [9.17, 15) is 24.5 Å². The van der Waals surface area contributed by atoms with Crippen LogP contribution in [0.15, 0.2) is 23.2 Å². The summed E-state index contributed by atoms with van der Waals surface area (Å²) in [4.78, 5) is 54.0. The molecule has 4 rings (SSSR count). The molecule has 1 aliphatic carbocycles. The molecular weight excluding hydrogens is 548 g/mol. The van der Waals surface area contributed by atoms with Crippen LogP contribution in [0.3, 0.4) is 0 Å². The average molecular weight is 573 g/mol. The van der Waals surface area contributed by atoms with Crippen molar-refractivity contribution in [1.82, 2.24) is 4.57 Å². The van der Waals surface area contributed by atoms with Crippen molar-refractivity contribution in [2.24, 2.45) is 4.99 Å². The summed E-state index contributed by atoms with van der Waals surface area (Å²) >= 11 is 3.64. The Bertz CT molecular complexity index is 1530. The van der Waals surface area contributed by atoms with Gasteiger partial charge in [-0.1, -0.05) is 17.3 Å². The van der Waals surface area contributed by atoms with E-state index in [2.05, 4.69) is 16.2 Å². The van der Waals surface area contributed by atoms with Gasteiger partial charge in [-0.2, -0.15) is 4.99 Å². The van der Waals surface area contributed by atoms with E-state index in [0.29, 0.717) is 25.6 Å². The number of aryl methyl sites for hydroxylation is 1. The number of hydrogen-bond acceptors (Lipinski definition) is 9. The largest absolute Gasteiger partial charge is 0.462 e. The van der Waals surface area contributed by atoms with Crippen molar-refractivity contribution in [3.05, 3.63) is 49.1 Å². The van der Waals surface area contributed by atoms with E-state index in [-0.39, 0.29) is 36.3 Å². The predicted molar refractivity (Wildman–Crippen MR) is 149 cm³/mol. The Hall–Kier alpha value is -3.47. The summed E-state index contributed by atoms with van der Waals surface area (Å²) < 4.78 is 7.45. The zero-order valence-electron chi connectivity index (χ0n) is 20.5. The maximum atomic E-state index is 12.6. The van der Waals surface area contributed by atoms with Crippen LogP contribution < -0.4 is 10.1 Å². The third-order valence-electron chi connectivity index (χ3n) is 5.71. The van der Waals surface area contributed by atoms with Gasteiger partial charge in [-0.3, -0.25) is 19.7 Å². The Balaban J connectivity index is 1.43. The van der Waals surface area contributed by atoms with Gasteiger partial charge in [-0.25, -0.2) is 4.79 Å². The second-order valence-electron chi connectivity index (χ2n) is 8.27. The minimum absolute atomic E-state index is 0.00490. The van der Waals surface area contributed by atoms with Crippen molar-refractivity contribution in [1.29, 1.82) is 0 Å². The van der Waals surface area contributed by atoms with Crippen LogP contribution >= 0.6 is 34.4 Å². The molecule has 0 spiro atoms. The molecule has 2 aromatic heterocycles. The molecule has 198 valence electrons. The summed E-state index contributed by atoms with van der Waals surface area (Å²) in [6.45, 7) is 2.13. The maximum absolute atomic E-state index is 12.6. The Morgan fingerprint density at radius 1 is 1.26 bits per heavy atom. The maximum Gasteiger partial charge on any atom is 0.341 e. The van der Waals surface area contributed by atoms with Crippen molar-refractivity contribution in [3.63, 3.8) is 0 Å². The van der Waals surface area contributed by atoms with Crippen LogP contribution in [-0.2, 0) is 33.7 Å². The first kappa shape index (κ1) is 27.6. The van der Waals surface area contributed by atoms with Gasteiger partial charge in [0.25, 0.3) is 11.6 Å². The van der Waals surface area contributed by atoms with E-state index in [1.54, 1.807) is 17.6 Å². The summed E-state index contributed by atoms with van der Waals surface area (Å²) in [5, 5.41) is 14.4. The number of nitro benzene ring substituents is 1. The van der Waals surface area contributed by atoms with Crippen molar-refractivity contribution in [2.45, 2.75) is 39.2 Å². The van der Waals surface area contributed by atoms with E-state index < -0.39 is 16.8 Å². The second kappa shape index (κ2) is 12.4. The number of carbonyl (C=O) groups excluding carboxylic acids is 3. The molecule has 38 heavy (non-hydrogen) atoms. The number of benzene rings is 1. The number of nitrogens with one attached hydrogen (secondary N) is 1. The van der Waals surface area contributed by atoms with E-state index in [1.807, 2.05) is 0 Å². The fourth-order valence-corrected chi connectivity index (χ4v) is 7.08. The molecular formula is C25H24N4O6S3. The Morgan fingerprint density at radius 2 is 2.05 bits per heavy atom. The first-order valence-corrected chi connectivity index (χ1v) is 14.6. The number of thiazole rings is 1. The van der Waals surface area contributed by atoms with Gasteiger partial charge in [0.05, 0.1) is 45.4 Å².